The Balaban J connectivity index is 1.80. The molecule has 0 bridgehead atoms. The van der Waals surface area contributed by atoms with Gasteiger partial charge in [-0.25, -0.2) is 0 Å². The van der Waals surface area contributed by atoms with Crippen LogP contribution in [0.4, 0.5) is 0 Å². The van der Waals surface area contributed by atoms with Crippen LogP contribution < -0.4 is 0 Å². The molecule has 2 aliphatic heterocycles. The van der Waals surface area contributed by atoms with Crippen molar-refractivity contribution in [1.29, 1.82) is 0 Å². The molecular weight excluding hydrogens is 118 g/mol. The van der Waals surface area contributed by atoms with Crippen LogP contribution in [0.3, 0.4) is 0 Å². The molecule has 2 aliphatic rings. The molecular formula is C6H11NO2. The lowest BCUT2D eigenvalue weighted by atomic mass is 10.5. The summed E-state index contributed by atoms with van der Waals surface area (Å²) in [6.45, 7) is 4.67. The molecule has 0 N–H and O–H groups in total. The molecule has 3 heteroatoms. The fourth-order valence-corrected chi connectivity index (χ4v) is 1.03. The van der Waals surface area contributed by atoms with Crippen molar-refractivity contribution in [1.82, 2.24) is 4.90 Å². The summed E-state index contributed by atoms with van der Waals surface area (Å²) < 4.78 is 10.6. The van der Waals surface area contributed by atoms with E-state index in [1.54, 1.807) is 0 Å². The second-order valence-electron chi connectivity index (χ2n) is 2.44. The number of rotatable bonds is 1. The normalized spacial score (nSPS) is 36.7. The van der Waals surface area contributed by atoms with Gasteiger partial charge in [0, 0.05) is 13.1 Å². The molecule has 3 nitrogen and oxygen atoms in total. The third kappa shape index (κ3) is 1.23. The van der Waals surface area contributed by atoms with Gasteiger partial charge in [0.1, 0.15) is 6.23 Å². The van der Waals surface area contributed by atoms with E-state index in [9.17, 15) is 0 Å². The zero-order chi connectivity index (χ0) is 6.10. The molecule has 9 heavy (non-hydrogen) atoms. The first-order valence-corrected chi connectivity index (χ1v) is 3.40. The van der Waals surface area contributed by atoms with Gasteiger partial charge in [0.15, 0.2) is 0 Å². The zero-order valence-electron chi connectivity index (χ0n) is 5.38. The molecule has 0 aliphatic carbocycles. The average Bonchev–Trinajstić information content (AvgIpc) is 2.71. The highest BCUT2D eigenvalue weighted by Gasteiger charge is 2.29. The topological polar surface area (TPSA) is 21.5 Å². The first kappa shape index (κ1) is 5.65. The van der Waals surface area contributed by atoms with Crippen molar-refractivity contribution in [2.45, 2.75) is 6.23 Å². The SMILES string of the molecule is C1COC(N2CC2)CO1. The van der Waals surface area contributed by atoms with Crippen LogP contribution in [0, 0.1) is 0 Å². The highest BCUT2D eigenvalue weighted by molar-refractivity contribution is 4.77. The molecule has 0 saturated carbocycles. The molecule has 0 aromatic rings. The van der Waals surface area contributed by atoms with E-state index in [4.69, 9.17) is 9.47 Å². The van der Waals surface area contributed by atoms with Crippen molar-refractivity contribution in [2.24, 2.45) is 0 Å². The van der Waals surface area contributed by atoms with Crippen molar-refractivity contribution in [3.8, 4) is 0 Å². The summed E-state index contributed by atoms with van der Waals surface area (Å²) in [5.74, 6) is 0. The van der Waals surface area contributed by atoms with Crippen molar-refractivity contribution in [3.05, 3.63) is 0 Å². The molecule has 1 atom stereocenters. The van der Waals surface area contributed by atoms with Gasteiger partial charge in [-0.3, -0.25) is 4.90 Å². The van der Waals surface area contributed by atoms with Gasteiger partial charge >= 0.3 is 0 Å². The molecule has 0 aromatic heterocycles. The molecule has 0 radical (unpaired) electrons. The number of ether oxygens (including phenoxy) is 2. The van der Waals surface area contributed by atoms with Crippen molar-refractivity contribution >= 4 is 0 Å². The van der Waals surface area contributed by atoms with E-state index in [1.165, 1.54) is 13.1 Å². The van der Waals surface area contributed by atoms with Crippen LogP contribution in [0.1, 0.15) is 0 Å². The Morgan fingerprint density at radius 2 is 2.11 bits per heavy atom. The van der Waals surface area contributed by atoms with Crippen LogP contribution in [0.5, 0.6) is 0 Å². The minimum atomic E-state index is 0.277. The van der Waals surface area contributed by atoms with E-state index in [2.05, 4.69) is 4.90 Å². The minimum Gasteiger partial charge on any atom is -0.375 e. The second kappa shape index (κ2) is 2.25. The average molecular weight is 129 g/mol. The second-order valence-corrected chi connectivity index (χ2v) is 2.44. The summed E-state index contributed by atoms with van der Waals surface area (Å²) in [4.78, 5) is 2.26. The predicted octanol–water partition coefficient (Wildman–Crippen LogP) is -0.325. The van der Waals surface area contributed by atoms with Crippen molar-refractivity contribution in [2.75, 3.05) is 32.9 Å². The summed E-state index contributed by atoms with van der Waals surface area (Å²) >= 11 is 0. The third-order valence-electron chi connectivity index (χ3n) is 1.69. The van der Waals surface area contributed by atoms with E-state index in [0.29, 0.717) is 0 Å². The van der Waals surface area contributed by atoms with Gasteiger partial charge in [-0.15, -0.1) is 0 Å². The van der Waals surface area contributed by atoms with Crippen LogP contribution >= 0.6 is 0 Å². The summed E-state index contributed by atoms with van der Waals surface area (Å²) in [5.41, 5.74) is 0. The van der Waals surface area contributed by atoms with Gasteiger partial charge in [0.25, 0.3) is 0 Å². The lowest BCUT2D eigenvalue weighted by molar-refractivity contribution is -0.125. The lowest BCUT2D eigenvalue weighted by Crippen LogP contribution is -2.34. The van der Waals surface area contributed by atoms with Crippen LogP contribution in [-0.4, -0.2) is 44.0 Å². The molecule has 2 saturated heterocycles. The van der Waals surface area contributed by atoms with Gasteiger partial charge < -0.3 is 9.47 Å². The fraction of sp³-hybridized carbons (Fsp3) is 1.00. The summed E-state index contributed by atoms with van der Waals surface area (Å²) in [7, 11) is 0. The Morgan fingerprint density at radius 3 is 2.67 bits per heavy atom. The quantitative estimate of drug-likeness (QED) is 0.453. The molecule has 0 amide bonds. The van der Waals surface area contributed by atoms with E-state index in [0.717, 1.165) is 19.8 Å². The Hall–Kier alpha value is -0.120. The zero-order valence-corrected chi connectivity index (χ0v) is 5.38. The number of hydrogen-bond donors (Lipinski definition) is 0. The van der Waals surface area contributed by atoms with Crippen LogP contribution in [0.25, 0.3) is 0 Å². The molecule has 0 spiro atoms. The maximum atomic E-state index is 5.40. The number of nitrogens with zero attached hydrogens (tertiary/aromatic N) is 1. The molecule has 0 aromatic carbocycles. The maximum Gasteiger partial charge on any atom is 0.134 e. The Morgan fingerprint density at radius 1 is 1.22 bits per heavy atom. The first-order valence-electron chi connectivity index (χ1n) is 3.40. The van der Waals surface area contributed by atoms with Crippen molar-refractivity contribution < 1.29 is 9.47 Å². The Bertz CT molecular complexity index is 97.2. The van der Waals surface area contributed by atoms with Gasteiger partial charge in [0.2, 0.25) is 0 Å². The first-order chi connectivity index (χ1) is 4.47. The lowest BCUT2D eigenvalue weighted by Gasteiger charge is -2.23. The molecule has 2 heterocycles. The van der Waals surface area contributed by atoms with Crippen LogP contribution in [-0.2, 0) is 9.47 Å². The summed E-state index contributed by atoms with van der Waals surface area (Å²) in [6, 6.07) is 0. The van der Waals surface area contributed by atoms with E-state index in [-0.39, 0.29) is 6.23 Å². The minimum absolute atomic E-state index is 0.277. The van der Waals surface area contributed by atoms with E-state index < -0.39 is 0 Å². The largest absolute Gasteiger partial charge is 0.375 e. The molecule has 52 valence electrons. The molecule has 2 rings (SSSR count). The van der Waals surface area contributed by atoms with E-state index >= 15 is 0 Å². The van der Waals surface area contributed by atoms with Gasteiger partial charge in [-0.2, -0.15) is 0 Å². The smallest absolute Gasteiger partial charge is 0.134 e. The van der Waals surface area contributed by atoms with Crippen LogP contribution in [0.2, 0.25) is 0 Å². The Kier molecular flexibility index (Phi) is 1.41. The highest BCUT2D eigenvalue weighted by Crippen LogP contribution is 2.14. The van der Waals surface area contributed by atoms with Gasteiger partial charge in [-0.1, -0.05) is 0 Å². The standard InChI is InChI=1S/C6H11NO2/c1-2-7(1)6-5-8-3-4-9-6/h6H,1-5H2. The Labute approximate surface area is 54.5 Å². The number of hydrogen-bond acceptors (Lipinski definition) is 3. The third-order valence-corrected chi connectivity index (χ3v) is 1.69. The molecule has 2 fully saturated rings. The van der Waals surface area contributed by atoms with Gasteiger partial charge in [-0.05, 0) is 0 Å². The van der Waals surface area contributed by atoms with E-state index in [1.807, 2.05) is 0 Å². The van der Waals surface area contributed by atoms with Gasteiger partial charge in [0.05, 0.1) is 19.8 Å². The maximum absolute atomic E-state index is 5.40. The predicted molar refractivity (Wildman–Crippen MR) is 32.1 cm³/mol. The summed E-state index contributed by atoms with van der Waals surface area (Å²) in [6.07, 6.45) is 0.277. The fourth-order valence-electron chi connectivity index (χ4n) is 1.03. The highest BCUT2D eigenvalue weighted by atomic mass is 16.6. The summed E-state index contributed by atoms with van der Waals surface area (Å²) in [5, 5.41) is 0. The monoisotopic (exact) mass is 129 g/mol. The van der Waals surface area contributed by atoms with Crippen molar-refractivity contribution in [3.63, 3.8) is 0 Å². The molecule has 1 unspecified atom stereocenters. The van der Waals surface area contributed by atoms with Crippen LogP contribution in [0.15, 0.2) is 0 Å².